The summed E-state index contributed by atoms with van der Waals surface area (Å²) >= 11 is 4.86. The maximum atomic E-state index is 12.5. The molecule has 0 aromatic heterocycles. The third-order valence-corrected chi connectivity index (χ3v) is 5.10. The second kappa shape index (κ2) is 5.54. The molecule has 1 saturated heterocycles. The van der Waals surface area contributed by atoms with Gasteiger partial charge in [-0.3, -0.25) is 0 Å². The van der Waals surface area contributed by atoms with E-state index in [2.05, 4.69) is 0 Å². The Hall–Kier alpha value is -1.02. The molecule has 1 aromatic carbocycles. The topological polar surface area (TPSA) is 72.6 Å². The lowest BCUT2D eigenvalue weighted by Crippen LogP contribution is -2.49. The smallest absolute Gasteiger partial charge is 0.243 e. The van der Waals surface area contributed by atoms with Gasteiger partial charge in [0.15, 0.2) is 0 Å². The highest BCUT2D eigenvalue weighted by Gasteiger charge is 2.31. The summed E-state index contributed by atoms with van der Waals surface area (Å²) in [5.74, 6) is 0. The Balaban J connectivity index is 2.27. The highest BCUT2D eigenvalue weighted by atomic mass is 32.2. The van der Waals surface area contributed by atoms with Crippen LogP contribution in [-0.4, -0.2) is 43.5 Å². The number of hydrogen-bond donors (Lipinski definition) is 1. The van der Waals surface area contributed by atoms with Crippen LogP contribution >= 0.6 is 12.2 Å². The average Bonchev–Trinajstić information content (AvgIpc) is 2.39. The van der Waals surface area contributed by atoms with Crippen LogP contribution in [0.4, 0.5) is 0 Å². The predicted molar refractivity (Wildman–Crippen MR) is 76.5 cm³/mol. The molecule has 5 nitrogen and oxygen atoms in total. The van der Waals surface area contributed by atoms with Gasteiger partial charge in [0.05, 0.1) is 11.5 Å². The van der Waals surface area contributed by atoms with E-state index in [1.54, 1.807) is 18.2 Å². The molecular weight excluding hydrogens is 284 g/mol. The molecule has 1 unspecified atom stereocenters. The van der Waals surface area contributed by atoms with Crippen LogP contribution in [0.5, 0.6) is 0 Å². The van der Waals surface area contributed by atoms with Crippen molar-refractivity contribution in [2.45, 2.75) is 17.9 Å². The number of nitrogens with two attached hydrogens (primary N) is 1. The summed E-state index contributed by atoms with van der Waals surface area (Å²) in [5.41, 5.74) is 6.42. The molecule has 0 aliphatic carbocycles. The number of sulfonamides is 1. The van der Waals surface area contributed by atoms with Gasteiger partial charge >= 0.3 is 0 Å². The standard InChI is InChI=1S/C12H16N2O3S2/c1-9-3-2-4-10(7-9)19(15,16)14-5-6-17-11(8-14)12(13)18/h2-4,7,11H,5-6,8H2,1H3,(H2,13,18). The van der Waals surface area contributed by atoms with Gasteiger partial charge in [0, 0.05) is 13.1 Å². The molecule has 0 amide bonds. The van der Waals surface area contributed by atoms with Gasteiger partial charge in [-0.05, 0) is 24.6 Å². The van der Waals surface area contributed by atoms with E-state index >= 15 is 0 Å². The van der Waals surface area contributed by atoms with Crippen LogP contribution in [0.15, 0.2) is 29.2 Å². The second-order valence-electron chi connectivity index (χ2n) is 4.44. The molecule has 19 heavy (non-hydrogen) atoms. The van der Waals surface area contributed by atoms with E-state index in [4.69, 9.17) is 22.7 Å². The minimum absolute atomic E-state index is 0.172. The van der Waals surface area contributed by atoms with E-state index in [1.165, 1.54) is 4.31 Å². The number of thiocarbonyl (C=S) groups is 1. The Morgan fingerprint density at radius 2 is 2.26 bits per heavy atom. The van der Waals surface area contributed by atoms with Crippen LogP contribution in [0.1, 0.15) is 5.56 Å². The fourth-order valence-electron chi connectivity index (χ4n) is 1.94. The lowest BCUT2D eigenvalue weighted by atomic mass is 10.2. The summed E-state index contributed by atoms with van der Waals surface area (Å²) in [6, 6.07) is 6.83. The predicted octanol–water partition coefficient (Wildman–Crippen LogP) is 0.671. The molecule has 1 atom stereocenters. The van der Waals surface area contributed by atoms with Crippen molar-refractivity contribution in [1.29, 1.82) is 0 Å². The number of hydrogen-bond acceptors (Lipinski definition) is 4. The molecule has 0 spiro atoms. The van der Waals surface area contributed by atoms with Crippen LogP contribution in [0.2, 0.25) is 0 Å². The van der Waals surface area contributed by atoms with Crippen molar-refractivity contribution in [2.75, 3.05) is 19.7 Å². The van der Waals surface area contributed by atoms with E-state index in [0.717, 1.165) is 5.56 Å². The average molecular weight is 300 g/mol. The maximum Gasteiger partial charge on any atom is 0.243 e. The molecule has 1 aromatic rings. The van der Waals surface area contributed by atoms with E-state index < -0.39 is 16.1 Å². The Morgan fingerprint density at radius 3 is 2.89 bits per heavy atom. The normalized spacial score (nSPS) is 21.2. The summed E-state index contributed by atoms with van der Waals surface area (Å²) in [4.78, 5) is 0.472. The Morgan fingerprint density at radius 1 is 1.53 bits per heavy atom. The number of benzene rings is 1. The van der Waals surface area contributed by atoms with E-state index in [1.807, 2.05) is 13.0 Å². The van der Waals surface area contributed by atoms with Crippen molar-refractivity contribution >= 4 is 27.2 Å². The van der Waals surface area contributed by atoms with E-state index in [-0.39, 0.29) is 16.4 Å². The van der Waals surface area contributed by atoms with Crippen molar-refractivity contribution in [1.82, 2.24) is 4.31 Å². The van der Waals surface area contributed by atoms with Crippen LogP contribution < -0.4 is 5.73 Å². The first-order valence-electron chi connectivity index (χ1n) is 5.89. The van der Waals surface area contributed by atoms with Crippen LogP contribution in [0.25, 0.3) is 0 Å². The van der Waals surface area contributed by atoms with Crippen LogP contribution in [0, 0.1) is 6.92 Å². The Bertz CT molecular complexity index is 586. The minimum Gasteiger partial charge on any atom is -0.391 e. The molecule has 0 bridgehead atoms. The molecule has 7 heteroatoms. The van der Waals surface area contributed by atoms with Crippen LogP contribution in [-0.2, 0) is 14.8 Å². The first-order chi connectivity index (χ1) is 8.91. The molecule has 1 fully saturated rings. The van der Waals surface area contributed by atoms with Crippen molar-refractivity contribution in [3.63, 3.8) is 0 Å². The number of nitrogens with zero attached hydrogens (tertiary/aromatic N) is 1. The van der Waals surface area contributed by atoms with Crippen molar-refractivity contribution in [2.24, 2.45) is 5.73 Å². The zero-order valence-corrected chi connectivity index (χ0v) is 12.2. The summed E-state index contributed by atoms with van der Waals surface area (Å²) in [6.45, 7) is 2.64. The minimum atomic E-state index is -3.51. The SMILES string of the molecule is Cc1cccc(S(=O)(=O)N2CCOC(C(N)=S)C2)c1. The third kappa shape index (κ3) is 3.11. The zero-order chi connectivity index (χ0) is 14.0. The summed E-state index contributed by atoms with van der Waals surface area (Å²) in [6.07, 6.45) is -0.511. The van der Waals surface area contributed by atoms with Gasteiger partial charge in [-0.1, -0.05) is 24.4 Å². The van der Waals surface area contributed by atoms with Gasteiger partial charge in [0.2, 0.25) is 10.0 Å². The molecule has 2 rings (SSSR count). The van der Waals surface area contributed by atoms with Gasteiger partial charge in [-0.15, -0.1) is 0 Å². The number of morpholine rings is 1. The number of ether oxygens (including phenoxy) is 1. The van der Waals surface area contributed by atoms with Gasteiger partial charge in [-0.2, -0.15) is 4.31 Å². The summed E-state index contributed by atoms with van der Waals surface area (Å²) in [7, 11) is -3.51. The molecule has 1 aliphatic rings. The molecule has 1 aliphatic heterocycles. The largest absolute Gasteiger partial charge is 0.391 e. The van der Waals surface area contributed by atoms with Gasteiger partial charge < -0.3 is 10.5 Å². The molecule has 0 saturated carbocycles. The maximum absolute atomic E-state index is 12.5. The number of rotatable bonds is 3. The van der Waals surface area contributed by atoms with Gasteiger partial charge in [-0.25, -0.2) is 8.42 Å². The third-order valence-electron chi connectivity index (χ3n) is 2.97. The molecule has 0 radical (unpaired) electrons. The molecule has 104 valence electrons. The summed E-state index contributed by atoms with van der Waals surface area (Å²) < 4.78 is 31.7. The highest BCUT2D eigenvalue weighted by molar-refractivity contribution is 7.89. The fourth-order valence-corrected chi connectivity index (χ4v) is 3.61. The molecule has 2 N–H and O–H groups in total. The quantitative estimate of drug-likeness (QED) is 0.831. The molecule has 1 heterocycles. The van der Waals surface area contributed by atoms with Crippen molar-refractivity contribution in [3.8, 4) is 0 Å². The highest BCUT2D eigenvalue weighted by Crippen LogP contribution is 2.19. The Kier molecular flexibility index (Phi) is 4.19. The second-order valence-corrected chi connectivity index (χ2v) is 6.85. The lowest BCUT2D eigenvalue weighted by molar-refractivity contribution is 0.0386. The fraction of sp³-hybridized carbons (Fsp3) is 0.417. The van der Waals surface area contributed by atoms with E-state index in [9.17, 15) is 8.42 Å². The van der Waals surface area contributed by atoms with Crippen LogP contribution in [0.3, 0.4) is 0 Å². The van der Waals surface area contributed by atoms with Gasteiger partial charge in [0.1, 0.15) is 11.1 Å². The molecular formula is C12H16N2O3S2. The van der Waals surface area contributed by atoms with Crippen molar-refractivity contribution < 1.29 is 13.2 Å². The monoisotopic (exact) mass is 300 g/mol. The Labute approximate surface area is 118 Å². The number of aryl methyl sites for hydroxylation is 1. The zero-order valence-electron chi connectivity index (χ0n) is 10.6. The summed E-state index contributed by atoms with van der Waals surface area (Å²) in [5, 5.41) is 0. The lowest BCUT2D eigenvalue weighted by Gasteiger charge is -2.31. The van der Waals surface area contributed by atoms with Gasteiger partial charge in [0.25, 0.3) is 0 Å². The first kappa shape index (κ1) is 14.4. The van der Waals surface area contributed by atoms with Crippen molar-refractivity contribution in [3.05, 3.63) is 29.8 Å². The first-order valence-corrected chi connectivity index (χ1v) is 7.74. The van der Waals surface area contributed by atoms with E-state index in [0.29, 0.717) is 13.2 Å².